The Hall–Kier alpha value is -1.10. The van der Waals surface area contributed by atoms with Crippen molar-refractivity contribution in [1.29, 1.82) is 0 Å². The molecule has 0 bridgehead atoms. The number of nitrogens with two attached hydrogens (primary N) is 1. The lowest BCUT2D eigenvalue weighted by Gasteiger charge is -2.22. The van der Waals surface area contributed by atoms with Crippen molar-refractivity contribution in [2.45, 2.75) is 58.5 Å². The first-order valence-corrected chi connectivity index (χ1v) is 5.98. The van der Waals surface area contributed by atoms with E-state index in [-0.39, 0.29) is 18.2 Å². The number of hydrogen-bond acceptors (Lipinski definition) is 3. The summed E-state index contributed by atoms with van der Waals surface area (Å²) in [6.45, 7) is 7.38. The van der Waals surface area contributed by atoms with Gasteiger partial charge in [0.2, 0.25) is 5.91 Å². The molecule has 0 aliphatic carbocycles. The van der Waals surface area contributed by atoms with Crippen LogP contribution >= 0.6 is 0 Å². The van der Waals surface area contributed by atoms with E-state index in [0.29, 0.717) is 12.8 Å². The summed E-state index contributed by atoms with van der Waals surface area (Å²) in [5, 5.41) is 11.6. The Balaban J connectivity index is 4.28. The van der Waals surface area contributed by atoms with Crippen LogP contribution in [0.25, 0.3) is 0 Å². The lowest BCUT2D eigenvalue weighted by Crippen LogP contribution is -2.45. The van der Waals surface area contributed by atoms with Gasteiger partial charge in [-0.05, 0) is 26.2 Å². The molecule has 5 nitrogen and oxygen atoms in total. The zero-order valence-electron chi connectivity index (χ0n) is 11.1. The third kappa shape index (κ3) is 6.94. The molecule has 0 aromatic rings. The Kier molecular flexibility index (Phi) is 6.16. The quantitative estimate of drug-likeness (QED) is 0.625. The molecule has 0 heterocycles. The van der Waals surface area contributed by atoms with Gasteiger partial charge in [0.25, 0.3) is 0 Å². The Morgan fingerprint density at radius 2 is 1.94 bits per heavy atom. The molecular weight excluding hydrogens is 220 g/mol. The third-order valence-corrected chi connectivity index (χ3v) is 2.79. The van der Waals surface area contributed by atoms with Crippen LogP contribution in [0.5, 0.6) is 0 Å². The number of hydrogen-bond donors (Lipinski definition) is 3. The number of rotatable bonds is 7. The van der Waals surface area contributed by atoms with Crippen LogP contribution in [0.1, 0.15) is 47.0 Å². The van der Waals surface area contributed by atoms with Gasteiger partial charge in [0.1, 0.15) is 6.04 Å². The summed E-state index contributed by atoms with van der Waals surface area (Å²) in [5.74, 6) is -1.32. The molecule has 2 atom stereocenters. The first-order chi connectivity index (χ1) is 7.67. The monoisotopic (exact) mass is 244 g/mol. The highest BCUT2D eigenvalue weighted by Crippen LogP contribution is 2.10. The lowest BCUT2D eigenvalue weighted by molar-refractivity contribution is -0.143. The number of nitrogens with one attached hydrogen (secondary N) is 1. The molecule has 0 unspecified atom stereocenters. The molecule has 0 fully saturated rings. The van der Waals surface area contributed by atoms with Gasteiger partial charge in [-0.1, -0.05) is 20.3 Å². The van der Waals surface area contributed by atoms with E-state index in [1.54, 1.807) is 0 Å². The smallest absolute Gasteiger partial charge is 0.326 e. The van der Waals surface area contributed by atoms with E-state index < -0.39 is 17.6 Å². The van der Waals surface area contributed by atoms with Crippen LogP contribution in [0.15, 0.2) is 0 Å². The number of carbonyl (C=O) groups excluding carboxylic acids is 1. The van der Waals surface area contributed by atoms with Crippen molar-refractivity contribution in [2.75, 3.05) is 0 Å². The molecule has 0 aliphatic rings. The average Bonchev–Trinajstić information content (AvgIpc) is 2.20. The highest BCUT2D eigenvalue weighted by atomic mass is 16.4. The molecule has 0 saturated carbocycles. The fourth-order valence-electron chi connectivity index (χ4n) is 1.36. The molecule has 4 N–H and O–H groups in total. The fraction of sp³-hybridized carbons (Fsp3) is 0.833. The minimum Gasteiger partial charge on any atom is -0.480 e. The summed E-state index contributed by atoms with van der Waals surface area (Å²) in [6, 6.07) is -0.812. The van der Waals surface area contributed by atoms with Crippen molar-refractivity contribution < 1.29 is 14.7 Å². The molecule has 0 rings (SSSR count). The highest BCUT2D eigenvalue weighted by Gasteiger charge is 2.25. The summed E-state index contributed by atoms with van der Waals surface area (Å²) < 4.78 is 0. The molecule has 0 saturated heterocycles. The van der Waals surface area contributed by atoms with Gasteiger partial charge in [0, 0.05) is 12.0 Å². The number of carbonyl (C=O) groups is 2. The highest BCUT2D eigenvalue weighted by molar-refractivity contribution is 5.83. The lowest BCUT2D eigenvalue weighted by atomic mass is 9.97. The second-order valence-corrected chi connectivity index (χ2v) is 5.26. The zero-order valence-corrected chi connectivity index (χ0v) is 11.1. The van der Waals surface area contributed by atoms with Gasteiger partial charge in [0.05, 0.1) is 0 Å². The Labute approximate surface area is 103 Å². The normalized spacial score (nSPS) is 15.1. The summed E-state index contributed by atoms with van der Waals surface area (Å²) in [7, 11) is 0. The number of carboxylic acid groups (broad SMARTS) is 1. The maximum absolute atomic E-state index is 11.6. The van der Waals surface area contributed by atoms with Crippen molar-refractivity contribution in [3.05, 3.63) is 0 Å². The summed E-state index contributed by atoms with van der Waals surface area (Å²) in [5.41, 5.74) is 5.35. The van der Waals surface area contributed by atoms with E-state index in [1.165, 1.54) is 0 Å². The van der Waals surface area contributed by atoms with E-state index >= 15 is 0 Å². The first-order valence-electron chi connectivity index (χ1n) is 5.98. The molecule has 0 radical (unpaired) electrons. The van der Waals surface area contributed by atoms with E-state index in [0.717, 1.165) is 0 Å². The molecule has 5 heteroatoms. The van der Waals surface area contributed by atoms with Gasteiger partial charge in [-0.3, -0.25) is 4.79 Å². The van der Waals surface area contributed by atoms with Gasteiger partial charge in [-0.2, -0.15) is 0 Å². The van der Waals surface area contributed by atoms with Crippen molar-refractivity contribution >= 4 is 11.9 Å². The van der Waals surface area contributed by atoms with E-state index in [2.05, 4.69) is 5.32 Å². The number of aliphatic carboxylic acids is 1. The van der Waals surface area contributed by atoms with Crippen LogP contribution < -0.4 is 11.1 Å². The summed E-state index contributed by atoms with van der Waals surface area (Å²) >= 11 is 0. The van der Waals surface area contributed by atoms with Crippen LogP contribution in [0.2, 0.25) is 0 Å². The summed E-state index contributed by atoms with van der Waals surface area (Å²) in [4.78, 5) is 22.6. The first kappa shape index (κ1) is 15.9. The summed E-state index contributed by atoms with van der Waals surface area (Å²) in [6.07, 6.45) is 1.50. The standard InChI is InChI=1S/C12H24N2O3/c1-5-8(2)10(11(16)17)14-9(15)6-7-12(3,4)13/h8,10H,5-7,13H2,1-4H3,(H,14,15)(H,16,17)/t8-,10-/m0/s1. The van der Waals surface area contributed by atoms with Crippen molar-refractivity contribution in [2.24, 2.45) is 11.7 Å². The average molecular weight is 244 g/mol. The predicted octanol–water partition coefficient (Wildman–Crippen LogP) is 1.12. The SMILES string of the molecule is CC[C@H](C)[C@H](NC(=O)CCC(C)(C)N)C(=O)O. The minimum absolute atomic E-state index is 0.0812. The number of amides is 1. The van der Waals surface area contributed by atoms with Gasteiger partial charge >= 0.3 is 5.97 Å². The van der Waals surface area contributed by atoms with Crippen LogP contribution in [0, 0.1) is 5.92 Å². The molecular formula is C12H24N2O3. The van der Waals surface area contributed by atoms with Gasteiger partial charge < -0.3 is 16.2 Å². The third-order valence-electron chi connectivity index (χ3n) is 2.79. The second kappa shape index (κ2) is 6.59. The molecule has 0 spiro atoms. The molecule has 17 heavy (non-hydrogen) atoms. The van der Waals surface area contributed by atoms with Crippen LogP contribution in [-0.2, 0) is 9.59 Å². The Morgan fingerprint density at radius 3 is 2.29 bits per heavy atom. The molecule has 1 amide bonds. The van der Waals surface area contributed by atoms with Gasteiger partial charge in [0.15, 0.2) is 0 Å². The Bertz CT molecular complexity index is 271. The van der Waals surface area contributed by atoms with Crippen molar-refractivity contribution in [1.82, 2.24) is 5.32 Å². The number of carboxylic acids is 1. The second-order valence-electron chi connectivity index (χ2n) is 5.26. The van der Waals surface area contributed by atoms with E-state index in [9.17, 15) is 9.59 Å². The fourth-order valence-corrected chi connectivity index (χ4v) is 1.36. The van der Waals surface area contributed by atoms with E-state index in [1.807, 2.05) is 27.7 Å². The van der Waals surface area contributed by atoms with Gasteiger partial charge in [-0.15, -0.1) is 0 Å². The Morgan fingerprint density at radius 1 is 1.41 bits per heavy atom. The van der Waals surface area contributed by atoms with Gasteiger partial charge in [-0.25, -0.2) is 4.79 Å². The predicted molar refractivity (Wildman–Crippen MR) is 66.5 cm³/mol. The topological polar surface area (TPSA) is 92.4 Å². The molecule has 0 aliphatic heterocycles. The van der Waals surface area contributed by atoms with E-state index in [4.69, 9.17) is 10.8 Å². The molecule has 0 aromatic heterocycles. The minimum atomic E-state index is -0.986. The molecule has 100 valence electrons. The largest absolute Gasteiger partial charge is 0.480 e. The van der Waals surface area contributed by atoms with Crippen LogP contribution in [0.4, 0.5) is 0 Å². The van der Waals surface area contributed by atoms with Crippen molar-refractivity contribution in [3.8, 4) is 0 Å². The van der Waals surface area contributed by atoms with Crippen molar-refractivity contribution in [3.63, 3.8) is 0 Å². The zero-order chi connectivity index (χ0) is 13.6. The maximum Gasteiger partial charge on any atom is 0.326 e. The maximum atomic E-state index is 11.6. The molecule has 0 aromatic carbocycles. The van der Waals surface area contributed by atoms with Crippen LogP contribution in [0.3, 0.4) is 0 Å². The van der Waals surface area contributed by atoms with Crippen LogP contribution in [-0.4, -0.2) is 28.6 Å².